The molecule has 0 bridgehead atoms. The van der Waals surface area contributed by atoms with Crippen molar-refractivity contribution in [2.24, 2.45) is 5.92 Å². The van der Waals surface area contributed by atoms with E-state index < -0.39 is 12.0 Å². The number of furan rings is 1. The molecule has 0 saturated carbocycles. The molecule has 106 valence electrons. The van der Waals surface area contributed by atoms with Gasteiger partial charge in [-0.15, -0.1) is 0 Å². The lowest BCUT2D eigenvalue weighted by molar-refractivity contribution is -0.130. The van der Waals surface area contributed by atoms with Crippen molar-refractivity contribution in [2.75, 3.05) is 7.05 Å². The quantitative estimate of drug-likeness (QED) is 0.707. The van der Waals surface area contributed by atoms with Crippen LogP contribution in [-0.2, 0) is 11.3 Å². The first kappa shape index (κ1) is 15.2. The molecule has 6 heteroatoms. The van der Waals surface area contributed by atoms with Gasteiger partial charge in [0.2, 0.25) is 5.91 Å². The number of carbonyl (C=O) groups is 2. The number of nitrogens with one attached hydrogen (secondary N) is 2. The number of hydrogen-bond donors (Lipinski definition) is 3. The second-order valence-corrected chi connectivity index (χ2v) is 4.71. The number of aliphatic hydroxyl groups is 1. The van der Waals surface area contributed by atoms with E-state index in [4.69, 9.17) is 4.42 Å². The van der Waals surface area contributed by atoms with Crippen molar-refractivity contribution in [3.05, 3.63) is 23.7 Å². The van der Waals surface area contributed by atoms with Crippen molar-refractivity contribution < 1.29 is 19.1 Å². The van der Waals surface area contributed by atoms with Gasteiger partial charge in [-0.2, -0.15) is 0 Å². The minimum absolute atomic E-state index is 0.144. The Morgan fingerprint density at radius 3 is 2.63 bits per heavy atom. The summed E-state index contributed by atoms with van der Waals surface area (Å²) in [6.07, 6.45) is -0.610. The van der Waals surface area contributed by atoms with Crippen LogP contribution < -0.4 is 10.6 Å². The Morgan fingerprint density at radius 2 is 2.05 bits per heavy atom. The van der Waals surface area contributed by atoms with Crippen LogP contribution in [0.3, 0.4) is 0 Å². The van der Waals surface area contributed by atoms with Crippen LogP contribution in [0.25, 0.3) is 0 Å². The summed E-state index contributed by atoms with van der Waals surface area (Å²) in [5.41, 5.74) is 0. The smallest absolute Gasteiger partial charge is 0.286 e. The summed E-state index contributed by atoms with van der Waals surface area (Å²) in [7, 11) is 1.51. The summed E-state index contributed by atoms with van der Waals surface area (Å²) < 4.78 is 5.24. The Hall–Kier alpha value is -1.82. The summed E-state index contributed by atoms with van der Waals surface area (Å²) >= 11 is 0. The molecule has 1 aromatic rings. The summed E-state index contributed by atoms with van der Waals surface area (Å²) in [6, 6.07) is 3.14. The summed E-state index contributed by atoms with van der Waals surface area (Å²) in [5.74, 6) is 0.131. The fourth-order valence-corrected chi connectivity index (χ4v) is 1.56. The molecule has 0 saturated heterocycles. The fourth-order valence-electron chi connectivity index (χ4n) is 1.56. The van der Waals surface area contributed by atoms with E-state index in [0.29, 0.717) is 12.2 Å². The Bertz CT molecular complexity index is 440. The monoisotopic (exact) mass is 268 g/mol. The predicted octanol–water partition coefficient (Wildman–Crippen LogP) is 0.662. The molecule has 1 atom stereocenters. The first-order valence-corrected chi connectivity index (χ1v) is 6.20. The van der Waals surface area contributed by atoms with E-state index in [2.05, 4.69) is 10.6 Å². The van der Waals surface area contributed by atoms with Gasteiger partial charge in [-0.05, 0) is 24.5 Å². The highest BCUT2D eigenvalue weighted by Gasteiger charge is 2.17. The van der Waals surface area contributed by atoms with Gasteiger partial charge in [0.05, 0.1) is 6.54 Å². The van der Waals surface area contributed by atoms with Gasteiger partial charge >= 0.3 is 0 Å². The second kappa shape index (κ2) is 6.94. The van der Waals surface area contributed by atoms with Crippen LogP contribution >= 0.6 is 0 Å². The van der Waals surface area contributed by atoms with E-state index in [0.717, 1.165) is 0 Å². The van der Waals surface area contributed by atoms with Crippen molar-refractivity contribution in [3.63, 3.8) is 0 Å². The minimum atomic E-state index is -1.02. The predicted molar refractivity (Wildman–Crippen MR) is 69.4 cm³/mol. The largest absolute Gasteiger partial charge is 0.454 e. The number of amides is 2. The first-order valence-electron chi connectivity index (χ1n) is 6.20. The molecule has 0 aliphatic heterocycles. The van der Waals surface area contributed by atoms with Crippen LogP contribution in [0.5, 0.6) is 0 Å². The van der Waals surface area contributed by atoms with E-state index in [1.165, 1.54) is 13.1 Å². The number of rotatable bonds is 6. The van der Waals surface area contributed by atoms with Gasteiger partial charge in [-0.3, -0.25) is 9.59 Å². The van der Waals surface area contributed by atoms with Crippen LogP contribution in [0, 0.1) is 5.92 Å². The minimum Gasteiger partial charge on any atom is -0.454 e. The van der Waals surface area contributed by atoms with Crippen molar-refractivity contribution in [2.45, 2.75) is 32.9 Å². The summed E-state index contributed by atoms with van der Waals surface area (Å²) in [4.78, 5) is 22.8. The average molecular weight is 268 g/mol. The third-order valence-electron chi connectivity index (χ3n) is 2.55. The highest BCUT2D eigenvalue weighted by atomic mass is 16.4. The Labute approximate surface area is 112 Å². The fraction of sp³-hybridized carbons (Fsp3) is 0.538. The molecule has 3 N–H and O–H groups in total. The molecule has 2 amide bonds. The van der Waals surface area contributed by atoms with Crippen molar-refractivity contribution in [3.8, 4) is 0 Å². The highest BCUT2D eigenvalue weighted by molar-refractivity contribution is 5.91. The molecule has 1 heterocycles. The third kappa shape index (κ3) is 4.75. The van der Waals surface area contributed by atoms with Crippen LogP contribution in [0.1, 0.15) is 36.6 Å². The lowest BCUT2D eigenvalue weighted by atomic mass is 10.1. The zero-order chi connectivity index (χ0) is 14.4. The second-order valence-electron chi connectivity index (χ2n) is 4.71. The van der Waals surface area contributed by atoms with E-state index in [-0.39, 0.29) is 24.1 Å². The molecule has 1 rings (SSSR count). The molecule has 1 aromatic heterocycles. The van der Waals surface area contributed by atoms with E-state index in [9.17, 15) is 14.7 Å². The highest BCUT2D eigenvalue weighted by Crippen LogP contribution is 2.08. The lowest BCUT2D eigenvalue weighted by Crippen LogP contribution is -2.34. The van der Waals surface area contributed by atoms with Gasteiger partial charge in [0, 0.05) is 7.05 Å². The molecule has 0 aromatic carbocycles. The van der Waals surface area contributed by atoms with Crippen LogP contribution in [0.4, 0.5) is 0 Å². The Balaban J connectivity index is 2.46. The van der Waals surface area contributed by atoms with Gasteiger partial charge in [0.25, 0.3) is 5.91 Å². The van der Waals surface area contributed by atoms with Crippen molar-refractivity contribution in [1.82, 2.24) is 10.6 Å². The maximum atomic E-state index is 11.6. The standard InChI is InChI=1S/C13H20N2O4/c1-8(2)6-10(16)12(17)15-7-9-4-5-11(19-9)13(18)14-3/h4-5,8,10,16H,6-7H2,1-3H3,(H,14,18)(H,15,17)/t10-/m0/s1. The molecule has 0 aliphatic rings. The third-order valence-corrected chi connectivity index (χ3v) is 2.55. The molecule has 6 nitrogen and oxygen atoms in total. The molecule has 0 spiro atoms. The molecular weight excluding hydrogens is 248 g/mol. The maximum Gasteiger partial charge on any atom is 0.286 e. The molecule has 0 fully saturated rings. The first-order chi connectivity index (χ1) is 8.93. The van der Waals surface area contributed by atoms with Gasteiger partial charge in [0.1, 0.15) is 11.9 Å². The molecule has 0 radical (unpaired) electrons. The summed E-state index contributed by atoms with van der Waals surface area (Å²) in [6.45, 7) is 4.00. The van der Waals surface area contributed by atoms with Crippen molar-refractivity contribution >= 4 is 11.8 Å². The number of hydrogen-bond acceptors (Lipinski definition) is 4. The van der Waals surface area contributed by atoms with Crippen LogP contribution in [0.2, 0.25) is 0 Å². The maximum absolute atomic E-state index is 11.6. The van der Waals surface area contributed by atoms with Gasteiger partial charge in [0.15, 0.2) is 5.76 Å². The van der Waals surface area contributed by atoms with Crippen LogP contribution in [0.15, 0.2) is 16.5 Å². The molecular formula is C13H20N2O4. The molecule has 0 aliphatic carbocycles. The van der Waals surface area contributed by atoms with E-state index in [1.807, 2.05) is 13.8 Å². The zero-order valence-electron chi connectivity index (χ0n) is 11.4. The Kier molecular flexibility index (Phi) is 5.57. The number of aliphatic hydroxyl groups excluding tert-OH is 1. The van der Waals surface area contributed by atoms with Gasteiger partial charge in [-0.1, -0.05) is 13.8 Å². The average Bonchev–Trinajstić information content (AvgIpc) is 2.82. The van der Waals surface area contributed by atoms with Crippen molar-refractivity contribution in [1.29, 1.82) is 0 Å². The van der Waals surface area contributed by atoms with E-state index >= 15 is 0 Å². The zero-order valence-corrected chi connectivity index (χ0v) is 11.4. The molecule has 19 heavy (non-hydrogen) atoms. The van der Waals surface area contributed by atoms with Gasteiger partial charge in [-0.25, -0.2) is 0 Å². The molecule has 0 unspecified atom stereocenters. The summed E-state index contributed by atoms with van der Waals surface area (Å²) in [5, 5.41) is 14.6. The van der Waals surface area contributed by atoms with Gasteiger partial charge < -0.3 is 20.2 Å². The normalized spacial score (nSPS) is 12.3. The lowest BCUT2D eigenvalue weighted by Gasteiger charge is -2.12. The Morgan fingerprint density at radius 1 is 1.37 bits per heavy atom. The van der Waals surface area contributed by atoms with Crippen LogP contribution in [-0.4, -0.2) is 30.1 Å². The SMILES string of the molecule is CNC(=O)c1ccc(CNC(=O)[C@@H](O)CC(C)C)o1. The topological polar surface area (TPSA) is 91.6 Å². The number of carbonyl (C=O) groups excluding carboxylic acids is 2. The van der Waals surface area contributed by atoms with E-state index in [1.54, 1.807) is 6.07 Å².